The Hall–Kier alpha value is -3.82. The highest BCUT2D eigenvalue weighted by atomic mass is 16.5. The van der Waals surface area contributed by atoms with E-state index in [2.05, 4.69) is 15.5 Å². The number of phenolic OH excluding ortho intramolecular Hbond substituents is 1. The van der Waals surface area contributed by atoms with Crippen LogP contribution in [0.15, 0.2) is 38.0 Å². The zero-order valence-electron chi connectivity index (χ0n) is 17.3. The first-order valence-electron chi connectivity index (χ1n) is 9.55. The molecule has 0 bridgehead atoms. The lowest BCUT2D eigenvalue weighted by molar-refractivity contribution is -0.121. The summed E-state index contributed by atoms with van der Waals surface area (Å²) in [7, 11) is 1.39. The third kappa shape index (κ3) is 5.21. The van der Waals surface area contributed by atoms with E-state index < -0.39 is 17.1 Å². The first kappa shape index (κ1) is 21.9. The molecule has 1 unspecified atom stereocenters. The molecule has 3 N–H and O–H groups in total. The minimum atomic E-state index is -0.798. The van der Waals surface area contributed by atoms with Crippen molar-refractivity contribution < 1.29 is 28.7 Å². The molecule has 1 aromatic carbocycles. The number of nitrogens with zero attached hydrogens (tertiary/aromatic N) is 2. The fraction of sp³-hybridized carbons (Fsp3) is 0.333. The van der Waals surface area contributed by atoms with Crippen LogP contribution in [0.25, 0.3) is 0 Å². The van der Waals surface area contributed by atoms with Gasteiger partial charge in [0.15, 0.2) is 23.1 Å². The number of ether oxygens (including phenoxy) is 1. The highest BCUT2D eigenvalue weighted by Crippen LogP contribution is 2.37. The number of hydrogen-bond acceptors (Lipinski definition) is 9. The van der Waals surface area contributed by atoms with Gasteiger partial charge in [0.05, 0.1) is 13.0 Å². The maximum atomic E-state index is 12.6. The topological polar surface area (TPSA) is 148 Å². The van der Waals surface area contributed by atoms with Gasteiger partial charge < -0.3 is 29.2 Å². The summed E-state index contributed by atoms with van der Waals surface area (Å²) in [4.78, 5) is 28.8. The molecule has 0 saturated heterocycles. The first-order valence-corrected chi connectivity index (χ1v) is 9.55. The van der Waals surface area contributed by atoms with Crippen molar-refractivity contribution in [3.63, 3.8) is 0 Å². The molecule has 2 aromatic heterocycles. The van der Waals surface area contributed by atoms with E-state index in [1.165, 1.54) is 25.3 Å². The number of hydrogen-bond donors (Lipinski definition) is 3. The van der Waals surface area contributed by atoms with Crippen LogP contribution in [0.5, 0.6) is 17.2 Å². The lowest BCUT2D eigenvalue weighted by atomic mass is 9.91. The molecule has 0 radical (unpaired) electrons. The maximum Gasteiger partial charge on any atom is 0.228 e. The van der Waals surface area contributed by atoms with Crippen LogP contribution >= 0.6 is 0 Å². The van der Waals surface area contributed by atoms with Gasteiger partial charge in [0.25, 0.3) is 0 Å². The van der Waals surface area contributed by atoms with Crippen molar-refractivity contribution in [3.8, 4) is 17.2 Å². The average molecular weight is 429 g/mol. The van der Waals surface area contributed by atoms with Gasteiger partial charge in [-0.2, -0.15) is 4.98 Å². The van der Waals surface area contributed by atoms with E-state index in [9.17, 15) is 19.8 Å². The summed E-state index contributed by atoms with van der Waals surface area (Å²) in [5.74, 6) is -0.460. The molecular weight excluding hydrogens is 406 g/mol. The van der Waals surface area contributed by atoms with E-state index in [1.54, 1.807) is 19.9 Å². The highest BCUT2D eigenvalue weighted by Gasteiger charge is 2.26. The van der Waals surface area contributed by atoms with Gasteiger partial charge in [-0.25, -0.2) is 0 Å². The molecule has 3 rings (SSSR count). The van der Waals surface area contributed by atoms with Crippen LogP contribution in [0.2, 0.25) is 0 Å². The number of nitrogens with one attached hydrogen (secondary N) is 1. The lowest BCUT2D eigenvalue weighted by Gasteiger charge is -2.18. The van der Waals surface area contributed by atoms with Gasteiger partial charge >= 0.3 is 0 Å². The van der Waals surface area contributed by atoms with E-state index in [0.29, 0.717) is 29.5 Å². The molecule has 0 spiro atoms. The second-order valence-corrected chi connectivity index (χ2v) is 6.96. The minimum Gasteiger partial charge on any atom is -0.504 e. The Kier molecular flexibility index (Phi) is 6.58. The Balaban J connectivity index is 1.85. The second kappa shape index (κ2) is 9.33. The zero-order valence-corrected chi connectivity index (χ0v) is 17.3. The Morgan fingerprint density at radius 2 is 2.03 bits per heavy atom. The van der Waals surface area contributed by atoms with Crippen LogP contribution in [0.1, 0.15) is 41.1 Å². The van der Waals surface area contributed by atoms with Crippen molar-refractivity contribution in [1.29, 1.82) is 0 Å². The summed E-state index contributed by atoms with van der Waals surface area (Å²) in [6, 6.07) is 5.66. The monoisotopic (exact) mass is 429 g/mol. The fourth-order valence-electron chi connectivity index (χ4n) is 3.14. The van der Waals surface area contributed by atoms with Gasteiger partial charge in [0.1, 0.15) is 5.76 Å². The molecule has 0 aliphatic rings. The van der Waals surface area contributed by atoms with Crippen molar-refractivity contribution >= 4 is 5.91 Å². The summed E-state index contributed by atoms with van der Waals surface area (Å²) < 4.78 is 15.8. The fourth-order valence-corrected chi connectivity index (χ4v) is 3.14. The van der Waals surface area contributed by atoms with Crippen molar-refractivity contribution in [2.24, 2.45) is 0 Å². The number of benzene rings is 1. The van der Waals surface area contributed by atoms with Crippen molar-refractivity contribution in [2.45, 2.75) is 32.6 Å². The molecule has 0 aliphatic carbocycles. The Labute approximate surface area is 177 Å². The molecule has 10 heteroatoms. The Morgan fingerprint density at radius 3 is 2.71 bits per heavy atom. The maximum absolute atomic E-state index is 12.6. The van der Waals surface area contributed by atoms with Crippen LogP contribution in [-0.4, -0.2) is 39.9 Å². The molecule has 3 aromatic rings. The smallest absolute Gasteiger partial charge is 0.228 e. The van der Waals surface area contributed by atoms with Crippen LogP contribution in [-0.2, 0) is 11.2 Å². The average Bonchev–Trinajstić information content (AvgIpc) is 3.14. The third-order valence-electron chi connectivity index (χ3n) is 4.61. The molecule has 164 valence electrons. The number of aromatic nitrogens is 2. The second-order valence-electron chi connectivity index (χ2n) is 6.96. The Bertz CT molecular complexity index is 1140. The Morgan fingerprint density at radius 1 is 1.26 bits per heavy atom. The molecule has 1 atom stereocenters. The van der Waals surface area contributed by atoms with E-state index in [-0.39, 0.29) is 36.1 Å². The number of aryl methyl sites for hydroxylation is 2. The largest absolute Gasteiger partial charge is 0.504 e. The molecule has 0 aliphatic heterocycles. The first-order chi connectivity index (χ1) is 14.8. The van der Waals surface area contributed by atoms with Crippen LogP contribution in [0.3, 0.4) is 0 Å². The normalized spacial score (nSPS) is 11.8. The number of carbonyl (C=O) groups excluding carboxylic acids is 1. The molecule has 10 nitrogen and oxygen atoms in total. The van der Waals surface area contributed by atoms with Gasteiger partial charge in [0.2, 0.25) is 23.0 Å². The molecule has 0 saturated carbocycles. The third-order valence-corrected chi connectivity index (χ3v) is 4.61. The van der Waals surface area contributed by atoms with E-state index in [0.717, 1.165) is 0 Å². The van der Waals surface area contributed by atoms with E-state index in [4.69, 9.17) is 13.7 Å². The van der Waals surface area contributed by atoms with Gasteiger partial charge in [-0.3, -0.25) is 9.59 Å². The van der Waals surface area contributed by atoms with Crippen LogP contribution in [0.4, 0.5) is 0 Å². The molecule has 2 heterocycles. The van der Waals surface area contributed by atoms with Gasteiger partial charge in [-0.05, 0) is 31.5 Å². The molecular formula is C21H23N3O7. The number of phenols is 1. The number of methoxy groups -OCH3 is 1. The summed E-state index contributed by atoms with van der Waals surface area (Å²) >= 11 is 0. The number of amides is 1. The summed E-state index contributed by atoms with van der Waals surface area (Å²) in [5, 5.41) is 26.7. The zero-order chi connectivity index (χ0) is 22.5. The predicted molar refractivity (Wildman–Crippen MR) is 108 cm³/mol. The SMILES string of the molecule is COc1cc(C(CC(=O)NCCc2nc(C)no2)c2oc(C)cc(=O)c2O)ccc1O. The summed E-state index contributed by atoms with van der Waals surface area (Å²) in [6.45, 7) is 3.53. The number of carbonyl (C=O) groups is 1. The van der Waals surface area contributed by atoms with Crippen molar-refractivity contribution in [1.82, 2.24) is 15.5 Å². The van der Waals surface area contributed by atoms with E-state index >= 15 is 0 Å². The van der Waals surface area contributed by atoms with Gasteiger partial charge in [-0.15, -0.1) is 0 Å². The predicted octanol–water partition coefficient (Wildman–Crippen LogP) is 1.94. The minimum absolute atomic E-state index is 0.0413. The van der Waals surface area contributed by atoms with E-state index in [1.807, 2.05) is 0 Å². The van der Waals surface area contributed by atoms with Gasteiger partial charge in [0, 0.05) is 25.5 Å². The van der Waals surface area contributed by atoms with Crippen molar-refractivity contribution in [3.05, 3.63) is 63.3 Å². The number of aromatic hydroxyl groups is 2. The quantitative estimate of drug-likeness (QED) is 0.488. The van der Waals surface area contributed by atoms with Crippen LogP contribution in [0, 0.1) is 13.8 Å². The van der Waals surface area contributed by atoms with Crippen molar-refractivity contribution in [2.75, 3.05) is 13.7 Å². The highest BCUT2D eigenvalue weighted by molar-refractivity contribution is 5.77. The number of rotatable bonds is 8. The summed E-state index contributed by atoms with van der Waals surface area (Å²) in [5.41, 5.74) is -0.0944. The standard InChI is InChI=1S/C21H23N3O7/c1-11-8-16(26)20(28)21(30-11)14(13-4-5-15(25)17(9-13)29-3)10-18(27)22-7-6-19-23-12(2)24-31-19/h4-5,8-9,14,25,28H,6-7,10H2,1-3H3,(H,22,27). The van der Waals surface area contributed by atoms with Gasteiger partial charge in [-0.1, -0.05) is 11.2 Å². The molecule has 1 amide bonds. The lowest BCUT2D eigenvalue weighted by Crippen LogP contribution is -2.27. The molecule has 0 fully saturated rings. The summed E-state index contributed by atoms with van der Waals surface area (Å²) in [6.07, 6.45) is 0.228. The molecule has 31 heavy (non-hydrogen) atoms. The van der Waals surface area contributed by atoms with Crippen LogP contribution < -0.4 is 15.5 Å².